The topological polar surface area (TPSA) is 48.9 Å². The van der Waals surface area contributed by atoms with Gasteiger partial charge in [-0.1, -0.05) is 29.3 Å². The van der Waals surface area contributed by atoms with Crippen molar-refractivity contribution in [2.75, 3.05) is 39.8 Å². The highest BCUT2D eigenvalue weighted by Gasteiger charge is 2.18. The summed E-state index contributed by atoms with van der Waals surface area (Å²) in [5, 5.41) is 7.94. The van der Waals surface area contributed by atoms with Crippen molar-refractivity contribution in [2.24, 2.45) is 4.99 Å². The summed E-state index contributed by atoms with van der Waals surface area (Å²) in [5.74, 6) is 0.757. The molecule has 1 fully saturated rings. The first kappa shape index (κ1) is 19.3. The molecule has 2 unspecified atom stereocenters. The minimum atomic E-state index is 0.0162. The molecule has 7 heteroatoms. The molecule has 2 atom stereocenters. The average Bonchev–Trinajstić information content (AvgIpc) is 2.52. The number of rotatable bonds is 5. The molecule has 24 heavy (non-hydrogen) atoms. The number of guanidine groups is 1. The van der Waals surface area contributed by atoms with Gasteiger partial charge in [0.1, 0.15) is 0 Å². The van der Waals surface area contributed by atoms with Gasteiger partial charge in [0.05, 0.1) is 25.3 Å². The SMILES string of the molecule is CCNC(=NCC1CN(C)CCO1)NC(C)c1ccc(Cl)cc1Cl. The molecule has 1 aromatic rings. The monoisotopic (exact) mass is 372 g/mol. The Kier molecular flexibility index (Phi) is 7.62. The predicted octanol–water partition coefficient (Wildman–Crippen LogP) is 2.94. The van der Waals surface area contributed by atoms with Crippen LogP contribution >= 0.6 is 23.2 Å². The van der Waals surface area contributed by atoms with Crippen LogP contribution in [-0.4, -0.2) is 56.8 Å². The highest BCUT2D eigenvalue weighted by Crippen LogP contribution is 2.25. The fourth-order valence-electron chi connectivity index (χ4n) is 2.63. The van der Waals surface area contributed by atoms with E-state index in [0.29, 0.717) is 16.6 Å². The van der Waals surface area contributed by atoms with Crippen molar-refractivity contribution >= 4 is 29.2 Å². The largest absolute Gasteiger partial charge is 0.374 e. The minimum absolute atomic E-state index is 0.0162. The van der Waals surface area contributed by atoms with Crippen molar-refractivity contribution in [1.82, 2.24) is 15.5 Å². The maximum Gasteiger partial charge on any atom is 0.191 e. The Labute approximate surface area is 154 Å². The fourth-order valence-corrected chi connectivity index (χ4v) is 3.20. The van der Waals surface area contributed by atoms with E-state index in [1.54, 1.807) is 6.07 Å². The Morgan fingerprint density at radius 3 is 2.92 bits per heavy atom. The van der Waals surface area contributed by atoms with Crippen LogP contribution in [0.15, 0.2) is 23.2 Å². The molecular weight excluding hydrogens is 347 g/mol. The van der Waals surface area contributed by atoms with Crippen LogP contribution < -0.4 is 10.6 Å². The van der Waals surface area contributed by atoms with Crippen LogP contribution in [0.25, 0.3) is 0 Å². The van der Waals surface area contributed by atoms with Crippen molar-refractivity contribution in [3.05, 3.63) is 33.8 Å². The van der Waals surface area contributed by atoms with Crippen LogP contribution in [0.4, 0.5) is 0 Å². The molecule has 1 saturated heterocycles. The number of halogens is 2. The normalized spacial score (nSPS) is 20.7. The van der Waals surface area contributed by atoms with Gasteiger partial charge in [-0.15, -0.1) is 0 Å². The van der Waals surface area contributed by atoms with Crippen LogP contribution in [0, 0.1) is 0 Å². The van der Waals surface area contributed by atoms with E-state index in [1.165, 1.54) is 0 Å². The van der Waals surface area contributed by atoms with Crippen LogP contribution in [0.5, 0.6) is 0 Å². The summed E-state index contributed by atoms with van der Waals surface area (Å²) in [6.45, 7) is 8.15. The summed E-state index contributed by atoms with van der Waals surface area (Å²) in [6, 6.07) is 5.55. The molecule has 5 nitrogen and oxygen atoms in total. The van der Waals surface area contributed by atoms with Gasteiger partial charge in [-0.05, 0) is 38.6 Å². The van der Waals surface area contributed by atoms with E-state index < -0.39 is 0 Å². The number of ether oxygens (including phenoxy) is 1. The van der Waals surface area contributed by atoms with E-state index in [4.69, 9.17) is 27.9 Å². The molecule has 0 aliphatic carbocycles. The zero-order chi connectivity index (χ0) is 17.5. The van der Waals surface area contributed by atoms with Crippen molar-refractivity contribution in [1.29, 1.82) is 0 Å². The van der Waals surface area contributed by atoms with Crippen LogP contribution in [0.3, 0.4) is 0 Å². The third kappa shape index (κ3) is 5.81. The van der Waals surface area contributed by atoms with Gasteiger partial charge in [0.25, 0.3) is 0 Å². The lowest BCUT2D eigenvalue weighted by molar-refractivity contribution is -0.0136. The van der Waals surface area contributed by atoms with Gasteiger partial charge in [0.15, 0.2) is 5.96 Å². The maximum atomic E-state index is 6.29. The first-order chi connectivity index (χ1) is 11.5. The van der Waals surface area contributed by atoms with Gasteiger partial charge >= 0.3 is 0 Å². The minimum Gasteiger partial charge on any atom is -0.374 e. The number of nitrogens with one attached hydrogen (secondary N) is 2. The molecule has 1 heterocycles. The Morgan fingerprint density at radius 1 is 1.46 bits per heavy atom. The molecule has 1 aliphatic heterocycles. The molecular formula is C17H26Cl2N4O. The quantitative estimate of drug-likeness (QED) is 0.616. The maximum absolute atomic E-state index is 6.29. The third-order valence-corrected chi connectivity index (χ3v) is 4.48. The number of morpholine rings is 1. The smallest absolute Gasteiger partial charge is 0.191 e. The number of hydrogen-bond donors (Lipinski definition) is 2. The van der Waals surface area contributed by atoms with Crippen molar-refractivity contribution in [3.8, 4) is 0 Å². The molecule has 134 valence electrons. The zero-order valence-electron chi connectivity index (χ0n) is 14.5. The first-order valence-corrected chi connectivity index (χ1v) is 9.05. The molecule has 1 aromatic carbocycles. The lowest BCUT2D eigenvalue weighted by atomic mass is 10.1. The van der Waals surface area contributed by atoms with E-state index in [1.807, 2.05) is 26.0 Å². The molecule has 2 rings (SSSR count). The van der Waals surface area contributed by atoms with Crippen LogP contribution in [0.2, 0.25) is 10.0 Å². The zero-order valence-corrected chi connectivity index (χ0v) is 16.0. The Bertz CT molecular complexity index is 568. The van der Waals surface area contributed by atoms with Gasteiger partial charge in [0, 0.05) is 29.7 Å². The lowest BCUT2D eigenvalue weighted by Crippen LogP contribution is -2.43. The average molecular weight is 373 g/mol. The van der Waals surface area contributed by atoms with E-state index in [0.717, 1.165) is 37.8 Å². The molecule has 1 aliphatic rings. The van der Waals surface area contributed by atoms with Crippen molar-refractivity contribution in [2.45, 2.75) is 26.0 Å². The van der Waals surface area contributed by atoms with Gasteiger partial charge in [-0.2, -0.15) is 0 Å². The molecule has 0 radical (unpaired) electrons. The lowest BCUT2D eigenvalue weighted by Gasteiger charge is -2.29. The number of hydrogen-bond acceptors (Lipinski definition) is 3. The second-order valence-corrected chi connectivity index (χ2v) is 6.85. The molecule has 0 aromatic heterocycles. The molecule has 0 saturated carbocycles. The second kappa shape index (κ2) is 9.47. The van der Waals surface area contributed by atoms with Crippen LogP contribution in [-0.2, 0) is 4.74 Å². The van der Waals surface area contributed by atoms with Crippen molar-refractivity contribution < 1.29 is 4.74 Å². The van der Waals surface area contributed by atoms with Crippen LogP contribution in [0.1, 0.15) is 25.5 Å². The Morgan fingerprint density at radius 2 is 2.25 bits per heavy atom. The molecule has 0 spiro atoms. The first-order valence-electron chi connectivity index (χ1n) is 8.29. The van der Waals surface area contributed by atoms with Gasteiger partial charge in [-0.25, -0.2) is 0 Å². The Balaban J connectivity index is 1.99. The molecule has 2 N–H and O–H groups in total. The summed E-state index contributed by atoms with van der Waals surface area (Å²) in [5.41, 5.74) is 0.986. The van der Waals surface area contributed by atoms with E-state index in [-0.39, 0.29) is 12.1 Å². The summed E-state index contributed by atoms with van der Waals surface area (Å²) in [6.07, 6.45) is 0.133. The number of aliphatic imine (C=N–C) groups is 1. The van der Waals surface area contributed by atoms with Gasteiger partial charge < -0.3 is 20.3 Å². The standard InChI is InChI=1S/C17H26Cl2N4O/c1-4-20-17(21-10-14-11-23(3)7-8-24-14)22-12(2)15-6-5-13(18)9-16(15)19/h5-6,9,12,14H,4,7-8,10-11H2,1-3H3,(H2,20,21,22). The molecule has 0 bridgehead atoms. The number of likely N-dealkylation sites (N-methyl/N-ethyl adjacent to an activating group) is 1. The van der Waals surface area contributed by atoms with Gasteiger partial charge in [0.2, 0.25) is 0 Å². The molecule has 0 amide bonds. The summed E-state index contributed by atoms with van der Waals surface area (Å²) in [4.78, 5) is 6.92. The predicted molar refractivity (Wildman–Crippen MR) is 101 cm³/mol. The number of nitrogens with zero attached hydrogens (tertiary/aromatic N) is 2. The van der Waals surface area contributed by atoms with E-state index in [9.17, 15) is 0 Å². The highest BCUT2D eigenvalue weighted by molar-refractivity contribution is 6.35. The highest BCUT2D eigenvalue weighted by atomic mass is 35.5. The second-order valence-electron chi connectivity index (χ2n) is 6.01. The summed E-state index contributed by atoms with van der Waals surface area (Å²) >= 11 is 12.3. The summed E-state index contributed by atoms with van der Waals surface area (Å²) in [7, 11) is 2.10. The van der Waals surface area contributed by atoms with Crippen molar-refractivity contribution in [3.63, 3.8) is 0 Å². The number of benzene rings is 1. The van der Waals surface area contributed by atoms with E-state index in [2.05, 4.69) is 27.6 Å². The fraction of sp³-hybridized carbons (Fsp3) is 0.588. The Hall–Kier alpha value is -1.01. The van der Waals surface area contributed by atoms with E-state index >= 15 is 0 Å². The third-order valence-electron chi connectivity index (χ3n) is 3.92. The summed E-state index contributed by atoms with van der Waals surface area (Å²) < 4.78 is 5.76. The van der Waals surface area contributed by atoms with Gasteiger partial charge in [-0.3, -0.25) is 4.99 Å².